The first-order chi connectivity index (χ1) is 21.9. The van der Waals surface area contributed by atoms with Crippen molar-refractivity contribution in [1.29, 1.82) is 0 Å². The molecule has 0 amide bonds. The lowest BCUT2D eigenvalue weighted by Gasteiger charge is -2.25. The van der Waals surface area contributed by atoms with Gasteiger partial charge in [0.25, 0.3) is 5.56 Å². The third-order valence-corrected chi connectivity index (χ3v) is 8.10. The fourth-order valence-corrected chi connectivity index (χ4v) is 6.11. The van der Waals surface area contributed by atoms with Gasteiger partial charge in [-0.1, -0.05) is 65.9 Å². The molecule has 0 fully saturated rings. The van der Waals surface area contributed by atoms with Gasteiger partial charge < -0.3 is 13.9 Å². The molecule has 3 heterocycles. The summed E-state index contributed by atoms with van der Waals surface area (Å²) in [6, 6.07) is 24.3. The minimum Gasteiger partial charge on any atom is -0.463 e. The van der Waals surface area contributed by atoms with Gasteiger partial charge in [0.05, 0.1) is 40.6 Å². The zero-order chi connectivity index (χ0) is 31.5. The van der Waals surface area contributed by atoms with Gasteiger partial charge in [0, 0.05) is 17.2 Å². The number of fused-ring (bicyclic) bond motifs is 1. The molecule has 5 aromatic rings. The van der Waals surface area contributed by atoms with E-state index in [9.17, 15) is 18.8 Å². The molecule has 226 valence electrons. The fraction of sp³-hybridized carbons (Fsp3) is 0.143. The molecule has 3 aromatic carbocycles. The predicted octanol–water partition coefficient (Wildman–Crippen LogP) is 5.51. The Bertz CT molecular complexity index is 2110. The van der Waals surface area contributed by atoms with E-state index in [2.05, 4.69) is 0 Å². The lowest BCUT2D eigenvalue weighted by Crippen LogP contribution is -2.40. The monoisotopic (exact) mass is 622 g/mol. The van der Waals surface area contributed by atoms with Crippen LogP contribution in [0.5, 0.6) is 0 Å². The van der Waals surface area contributed by atoms with E-state index in [-0.39, 0.29) is 18.8 Å². The molecule has 2 aromatic heterocycles. The number of hydrogen-bond donors (Lipinski definition) is 0. The summed E-state index contributed by atoms with van der Waals surface area (Å²) in [5, 5.41) is 0. The van der Waals surface area contributed by atoms with Gasteiger partial charge in [0.1, 0.15) is 17.3 Å². The molecule has 0 N–H and O–H groups in total. The standard InChI is InChI=1S/C35H27FN2O6S/c1-3-42-33(40)24-12-8-11-23(19-24)27-18-17-26(44-27)20-28-32(39)38-31(22-13-15-25(36)16-14-22)29(34(41)43-4-2)30(37-35(38)45-28)21-9-6-5-7-10-21/h5-20,31H,3-4H2,1-2H3/b28-20-. The number of nitrogens with zero attached hydrogens (tertiary/aromatic N) is 2. The molecule has 1 aliphatic heterocycles. The zero-order valence-corrected chi connectivity index (χ0v) is 25.2. The van der Waals surface area contributed by atoms with Crippen molar-refractivity contribution >= 4 is 35.0 Å². The van der Waals surface area contributed by atoms with E-state index in [1.165, 1.54) is 16.7 Å². The minimum atomic E-state index is -0.920. The maximum atomic E-state index is 14.0. The summed E-state index contributed by atoms with van der Waals surface area (Å²) in [6.07, 6.45) is 1.61. The van der Waals surface area contributed by atoms with Gasteiger partial charge in [-0.3, -0.25) is 9.36 Å². The van der Waals surface area contributed by atoms with Crippen molar-refractivity contribution in [3.05, 3.63) is 145 Å². The van der Waals surface area contributed by atoms with Crippen LogP contribution in [0.25, 0.3) is 23.1 Å². The van der Waals surface area contributed by atoms with Gasteiger partial charge in [-0.25, -0.2) is 19.0 Å². The number of hydrogen-bond acceptors (Lipinski definition) is 8. The van der Waals surface area contributed by atoms with Crippen molar-refractivity contribution in [1.82, 2.24) is 4.57 Å². The summed E-state index contributed by atoms with van der Waals surface area (Å²) in [5.74, 6) is -0.592. The van der Waals surface area contributed by atoms with Gasteiger partial charge in [0.15, 0.2) is 4.80 Å². The molecule has 0 radical (unpaired) electrons. The van der Waals surface area contributed by atoms with Crippen LogP contribution in [0.2, 0.25) is 0 Å². The number of rotatable bonds is 8. The van der Waals surface area contributed by atoms with Crippen LogP contribution < -0.4 is 14.9 Å². The summed E-state index contributed by atoms with van der Waals surface area (Å²) >= 11 is 1.15. The van der Waals surface area contributed by atoms with E-state index in [0.717, 1.165) is 11.3 Å². The van der Waals surface area contributed by atoms with Crippen LogP contribution in [0.4, 0.5) is 4.39 Å². The number of benzene rings is 3. The molecule has 0 aliphatic carbocycles. The van der Waals surface area contributed by atoms with Crippen LogP contribution in [0, 0.1) is 5.82 Å². The third kappa shape index (κ3) is 5.92. The number of furan rings is 1. The Morgan fingerprint density at radius 3 is 2.36 bits per heavy atom. The Morgan fingerprint density at radius 2 is 1.62 bits per heavy atom. The van der Waals surface area contributed by atoms with Crippen molar-refractivity contribution in [2.24, 2.45) is 4.99 Å². The van der Waals surface area contributed by atoms with Crippen LogP contribution >= 0.6 is 11.3 Å². The first-order valence-corrected chi connectivity index (χ1v) is 15.1. The molecule has 1 unspecified atom stereocenters. The Hall–Kier alpha value is -5.35. The summed E-state index contributed by atoms with van der Waals surface area (Å²) < 4.78 is 32.4. The lowest BCUT2D eigenvalue weighted by atomic mass is 9.93. The largest absolute Gasteiger partial charge is 0.463 e. The van der Waals surface area contributed by atoms with E-state index < -0.39 is 29.4 Å². The van der Waals surface area contributed by atoms with Crippen molar-refractivity contribution in [2.75, 3.05) is 13.2 Å². The average molecular weight is 623 g/mol. The molecule has 45 heavy (non-hydrogen) atoms. The van der Waals surface area contributed by atoms with Crippen LogP contribution in [0.15, 0.2) is 111 Å². The van der Waals surface area contributed by atoms with Gasteiger partial charge in [0.2, 0.25) is 0 Å². The predicted molar refractivity (Wildman–Crippen MR) is 168 cm³/mol. The van der Waals surface area contributed by atoms with Crippen LogP contribution in [0.3, 0.4) is 0 Å². The summed E-state index contributed by atoms with van der Waals surface area (Å²) in [5.41, 5.74) is 2.42. The van der Waals surface area contributed by atoms with E-state index in [4.69, 9.17) is 18.9 Å². The fourth-order valence-electron chi connectivity index (χ4n) is 5.13. The highest BCUT2D eigenvalue weighted by molar-refractivity contribution is 7.07. The molecule has 0 saturated carbocycles. The molecular formula is C35H27FN2O6S. The van der Waals surface area contributed by atoms with Crippen molar-refractivity contribution in [2.45, 2.75) is 19.9 Å². The van der Waals surface area contributed by atoms with Crippen LogP contribution in [0.1, 0.15) is 47.1 Å². The molecule has 1 atom stereocenters. The summed E-state index contributed by atoms with van der Waals surface area (Å²) in [7, 11) is 0. The van der Waals surface area contributed by atoms with E-state index in [1.54, 1.807) is 62.4 Å². The lowest BCUT2D eigenvalue weighted by molar-refractivity contribution is -0.138. The minimum absolute atomic E-state index is 0.120. The molecular weight excluding hydrogens is 595 g/mol. The van der Waals surface area contributed by atoms with E-state index >= 15 is 0 Å². The van der Waals surface area contributed by atoms with E-state index in [0.29, 0.717) is 48.8 Å². The summed E-state index contributed by atoms with van der Waals surface area (Å²) in [4.78, 5) is 44.9. The normalized spacial score (nSPS) is 14.6. The maximum Gasteiger partial charge on any atom is 0.338 e. The summed E-state index contributed by atoms with van der Waals surface area (Å²) in [6.45, 7) is 3.83. The average Bonchev–Trinajstić information content (AvgIpc) is 3.65. The quantitative estimate of drug-likeness (QED) is 0.212. The highest BCUT2D eigenvalue weighted by Crippen LogP contribution is 2.35. The van der Waals surface area contributed by atoms with Gasteiger partial charge in [-0.15, -0.1) is 0 Å². The first-order valence-electron chi connectivity index (χ1n) is 14.3. The Balaban J connectivity index is 1.50. The number of thiazole rings is 1. The molecule has 10 heteroatoms. The SMILES string of the molecule is CCOC(=O)C1=C(c2ccccc2)N=c2s/c(=C\c3ccc(-c4cccc(C(=O)OCC)c4)o3)c(=O)n2C1c1ccc(F)cc1. The van der Waals surface area contributed by atoms with Crippen molar-refractivity contribution in [3.63, 3.8) is 0 Å². The number of ether oxygens (including phenoxy) is 2. The topological polar surface area (TPSA) is 100 Å². The van der Waals surface area contributed by atoms with E-state index in [1.807, 2.05) is 36.4 Å². The zero-order valence-electron chi connectivity index (χ0n) is 24.4. The van der Waals surface area contributed by atoms with Crippen molar-refractivity contribution < 1.29 is 27.9 Å². The number of aromatic nitrogens is 1. The molecule has 0 saturated heterocycles. The van der Waals surface area contributed by atoms with Gasteiger partial charge in [-0.2, -0.15) is 0 Å². The molecule has 6 rings (SSSR count). The number of carbonyl (C=O) groups excluding carboxylic acids is 2. The smallest absolute Gasteiger partial charge is 0.338 e. The van der Waals surface area contributed by atoms with Gasteiger partial charge in [-0.05, 0) is 55.8 Å². The molecule has 8 nitrogen and oxygen atoms in total. The number of esters is 2. The third-order valence-electron chi connectivity index (χ3n) is 7.12. The number of halogens is 1. The highest BCUT2D eigenvalue weighted by Gasteiger charge is 2.35. The molecule has 0 spiro atoms. The van der Waals surface area contributed by atoms with Gasteiger partial charge >= 0.3 is 11.9 Å². The second-order valence-corrected chi connectivity index (χ2v) is 11.0. The highest BCUT2D eigenvalue weighted by atomic mass is 32.1. The second kappa shape index (κ2) is 12.7. The van der Waals surface area contributed by atoms with Crippen molar-refractivity contribution in [3.8, 4) is 11.3 Å². The van der Waals surface area contributed by atoms with Crippen LogP contribution in [-0.4, -0.2) is 29.7 Å². The second-order valence-electron chi connectivity index (χ2n) is 9.99. The number of carbonyl (C=O) groups is 2. The Morgan fingerprint density at radius 1 is 0.911 bits per heavy atom. The molecule has 1 aliphatic rings. The maximum absolute atomic E-state index is 14.0. The Labute approximate surface area is 261 Å². The van der Waals surface area contributed by atoms with Crippen LogP contribution in [-0.2, 0) is 14.3 Å². The first kappa shape index (κ1) is 29.7. The Kier molecular flexibility index (Phi) is 8.39. The molecule has 0 bridgehead atoms.